The van der Waals surface area contributed by atoms with Gasteiger partial charge in [-0.2, -0.15) is 0 Å². The maximum absolute atomic E-state index is 12.5. The molecule has 11 heavy (non-hydrogen) atoms. The van der Waals surface area contributed by atoms with Gasteiger partial charge in [0.25, 0.3) is 0 Å². The molecule has 1 N–H and O–H groups in total. The monoisotopic (exact) mass is 159 g/mol. The van der Waals surface area contributed by atoms with Crippen molar-refractivity contribution in [1.82, 2.24) is 5.32 Å². The van der Waals surface area contributed by atoms with Gasteiger partial charge in [-0.25, -0.2) is 0 Å². The predicted molar refractivity (Wildman–Crippen MR) is 40.2 cm³/mol. The van der Waals surface area contributed by atoms with Crippen LogP contribution in [0.15, 0.2) is 0 Å². The summed E-state index contributed by atoms with van der Waals surface area (Å²) in [7, 11) is 0. The summed E-state index contributed by atoms with van der Waals surface area (Å²) in [5.41, 5.74) is 0.148. The number of alkyl halides is 1. The molecule has 2 rings (SSSR count). The lowest BCUT2D eigenvalue weighted by Crippen LogP contribution is -2.31. The summed E-state index contributed by atoms with van der Waals surface area (Å²) in [6, 6.07) is 0. The summed E-state index contributed by atoms with van der Waals surface area (Å²) in [6.07, 6.45) is 1.04. The fourth-order valence-electron chi connectivity index (χ4n) is 2.16. The van der Waals surface area contributed by atoms with Gasteiger partial charge in [0.2, 0.25) is 0 Å². The van der Waals surface area contributed by atoms with E-state index in [0.29, 0.717) is 0 Å². The molecule has 2 unspecified atom stereocenters. The second-order valence-corrected chi connectivity index (χ2v) is 3.65. The molecule has 2 saturated heterocycles. The normalized spacial score (nSPS) is 43.9. The minimum Gasteiger partial charge on any atom is -0.381 e. The molecule has 0 aromatic heterocycles. The standard InChI is InChI=1S/C8H14FNO/c9-3-7-4-10-5-8(7)1-2-11-6-8/h7,10H,1-6H2. The van der Waals surface area contributed by atoms with Gasteiger partial charge < -0.3 is 10.1 Å². The summed E-state index contributed by atoms with van der Waals surface area (Å²) >= 11 is 0. The molecule has 2 aliphatic rings. The van der Waals surface area contributed by atoms with Crippen LogP contribution in [0.5, 0.6) is 0 Å². The highest BCUT2D eigenvalue weighted by atomic mass is 19.1. The van der Waals surface area contributed by atoms with Crippen molar-refractivity contribution in [3.05, 3.63) is 0 Å². The van der Waals surface area contributed by atoms with E-state index in [2.05, 4.69) is 5.32 Å². The molecule has 2 nitrogen and oxygen atoms in total. The Morgan fingerprint density at radius 1 is 1.64 bits per heavy atom. The number of ether oxygens (including phenoxy) is 1. The van der Waals surface area contributed by atoms with E-state index in [1.165, 1.54) is 0 Å². The Kier molecular flexibility index (Phi) is 1.85. The van der Waals surface area contributed by atoms with E-state index in [1.807, 2.05) is 0 Å². The van der Waals surface area contributed by atoms with Crippen molar-refractivity contribution >= 4 is 0 Å². The van der Waals surface area contributed by atoms with E-state index < -0.39 is 0 Å². The van der Waals surface area contributed by atoms with E-state index in [9.17, 15) is 4.39 Å². The minimum absolute atomic E-state index is 0.148. The lowest BCUT2D eigenvalue weighted by atomic mass is 9.78. The lowest BCUT2D eigenvalue weighted by Gasteiger charge is -2.25. The summed E-state index contributed by atoms with van der Waals surface area (Å²) < 4.78 is 17.8. The van der Waals surface area contributed by atoms with Crippen LogP contribution in [0.4, 0.5) is 4.39 Å². The highest BCUT2D eigenvalue weighted by molar-refractivity contribution is 4.96. The molecule has 0 aromatic carbocycles. The summed E-state index contributed by atoms with van der Waals surface area (Å²) in [5, 5.41) is 3.24. The Morgan fingerprint density at radius 2 is 2.55 bits per heavy atom. The first-order valence-electron chi connectivity index (χ1n) is 4.22. The first kappa shape index (κ1) is 7.50. The van der Waals surface area contributed by atoms with Gasteiger partial charge >= 0.3 is 0 Å². The van der Waals surface area contributed by atoms with Crippen molar-refractivity contribution in [2.75, 3.05) is 33.0 Å². The van der Waals surface area contributed by atoms with Crippen LogP contribution in [-0.2, 0) is 4.74 Å². The molecule has 0 aromatic rings. The third-order valence-corrected chi connectivity index (χ3v) is 3.05. The highest BCUT2D eigenvalue weighted by Crippen LogP contribution is 2.39. The van der Waals surface area contributed by atoms with E-state index >= 15 is 0 Å². The Morgan fingerprint density at radius 3 is 3.18 bits per heavy atom. The third-order valence-electron chi connectivity index (χ3n) is 3.05. The molecule has 0 aliphatic carbocycles. The Labute approximate surface area is 66.1 Å². The molecule has 2 atom stereocenters. The number of nitrogens with one attached hydrogen (secondary N) is 1. The second-order valence-electron chi connectivity index (χ2n) is 3.65. The van der Waals surface area contributed by atoms with Gasteiger partial charge in [-0.05, 0) is 6.42 Å². The summed E-state index contributed by atoms with van der Waals surface area (Å²) in [5.74, 6) is 0.199. The van der Waals surface area contributed by atoms with Crippen molar-refractivity contribution in [3.63, 3.8) is 0 Å². The van der Waals surface area contributed by atoms with Crippen LogP contribution < -0.4 is 5.32 Å². The van der Waals surface area contributed by atoms with Gasteiger partial charge in [0.05, 0.1) is 13.3 Å². The van der Waals surface area contributed by atoms with Crippen LogP contribution in [0.1, 0.15) is 6.42 Å². The molecule has 2 fully saturated rings. The van der Waals surface area contributed by atoms with Crippen LogP contribution >= 0.6 is 0 Å². The quantitative estimate of drug-likeness (QED) is 0.604. The third kappa shape index (κ3) is 1.07. The van der Waals surface area contributed by atoms with Crippen LogP contribution in [0.3, 0.4) is 0 Å². The zero-order valence-electron chi connectivity index (χ0n) is 6.61. The summed E-state index contributed by atoms with van der Waals surface area (Å²) in [6.45, 7) is 3.16. The number of halogens is 1. The van der Waals surface area contributed by atoms with Crippen molar-refractivity contribution in [2.45, 2.75) is 6.42 Å². The van der Waals surface area contributed by atoms with Gasteiger partial charge in [-0.15, -0.1) is 0 Å². The molecule has 0 bridgehead atoms. The zero-order chi connectivity index (χ0) is 7.73. The molecule has 2 aliphatic heterocycles. The second kappa shape index (κ2) is 2.72. The van der Waals surface area contributed by atoms with Crippen molar-refractivity contribution < 1.29 is 9.13 Å². The van der Waals surface area contributed by atoms with Gasteiger partial charge in [0.1, 0.15) is 0 Å². The molecular weight excluding hydrogens is 145 g/mol. The molecule has 64 valence electrons. The Bertz CT molecular complexity index is 140. The van der Waals surface area contributed by atoms with E-state index in [1.54, 1.807) is 0 Å². The lowest BCUT2D eigenvalue weighted by molar-refractivity contribution is 0.124. The van der Waals surface area contributed by atoms with Gasteiger partial charge in [-0.1, -0.05) is 0 Å². The van der Waals surface area contributed by atoms with Crippen LogP contribution in [0, 0.1) is 11.3 Å². The average Bonchev–Trinajstić information content (AvgIpc) is 2.62. The number of hydrogen-bond acceptors (Lipinski definition) is 2. The fraction of sp³-hybridized carbons (Fsp3) is 1.00. The minimum atomic E-state index is -0.198. The molecular formula is C8H14FNO. The highest BCUT2D eigenvalue weighted by Gasteiger charge is 2.45. The first-order valence-corrected chi connectivity index (χ1v) is 4.22. The van der Waals surface area contributed by atoms with Crippen LogP contribution in [0.2, 0.25) is 0 Å². The van der Waals surface area contributed by atoms with Crippen LogP contribution in [-0.4, -0.2) is 33.0 Å². The maximum Gasteiger partial charge on any atom is 0.0941 e. The van der Waals surface area contributed by atoms with E-state index in [4.69, 9.17) is 4.74 Å². The predicted octanol–water partition coefficient (Wildman–Crippen LogP) is 0.582. The first-order chi connectivity index (χ1) is 5.37. The molecule has 3 heteroatoms. The SMILES string of the molecule is FCC1CNCC12CCOC2. The van der Waals surface area contributed by atoms with Gasteiger partial charge in [0.15, 0.2) is 0 Å². The smallest absolute Gasteiger partial charge is 0.0941 e. The molecule has 1 spiro atoms. The van der Waals surface area contributed by atoms with E-state index in [0.717, 1.165) is 32.7 Å². The van der Waals surface area contributed by atoms with Crippen LogP contribution in [0.25, 0.3) is 0 Å². The zero-order valence-corrected chi connectivity index (χ0v) is 6.61. The van der Waals surface area contributed by atoms with Gasteiger partial charge in [-0.3, -0.25) is 4.39 Å². The van der Waals surface area contributed by atoms with Crippen molar-refractivity contribution in [2.24, 2.45) is 11.3 Å². The molecule has 2 heterocycles. The average molecular weight is 159 g/mol. The summed E-state index contributed by atoms with van der Waals surface area (Å²) in [4.78, 5) is 0. The Balaban J connectivity index is 2.09. The van der Waals surface area contributed by atoms with Gasteiger partial charge in [0, 0.05) is 31.0 Å². The topological polar surface area (TPSA) is 21.3 Å². The molecule has 0 saturated carbocycles. The maximum atomic E-state index is 12.5. The van der Waals surface area contributed by atoms with E-state index in [-0.39, 0.29) is 18.0 Å². The Hall–Kier alpha value is -0.150. The fourth-order valence-corrected chi connectivity index (χ4v) is 2.16. The van der Waals surface area contributed by atoms with Crippen molar-refractivity contribution in [1.29, 1.82) is 0 Å². The number of hydrogen-bond donors (Lipinski definition) is 1. The largest absolute Gasteiger partial charge is 0.381 e. The van der Waals surface area contributed by atoms with Crippen molar-refractivity contribution in [3.8, 4) is 0 Å². The molecule has 0 amide bonds. The molecule has 0 radical (unpaired) electrons. The number of rotatable bonds is 1.